The van der Waals surface area contributed by atoms with Crippen LogP contribution in [0.3, 0.4) is 0 Å². The number of halogens is 1. The number of rotatable bonds is 5. The Labute approximate surface area is 105 Å². The van der Waals surface area contributed by atoms with E-state index < -0.39 is 0 Å². The van der Waals surface area contributed by atoms with Crippen LogP contribution in [-0.2, 0) is 13.6 Å². The molecule has 0 aliphatic carbocycles. The lowest BCUT2D eigenvalue weighted by Gasteiger charge is -2.25. The zero-order valence-electron chi connectivity index (χ0n) is 10.4. The molecule has 0 aliphatic heterocycles. The Hall–Kier alpha value is -0.390. The smallest absolute Gasteiger partial charge is 0.0739 e. The van der Waals surface area contributed by atoms with Crippen LogP contribution in [0.2, 0.25) is 0 Å². The molecule has 1 aromatic rings. The first-order valence-corrected chi connectivity index (χ1v) is 6.29. The van der Waals surface area contributed by atoms with E-state index in [-0.39, 0.29) is 6.61 Å². The highest BCUT2D eigenvalue weighted by Gasteiger charge is 2.16. The van der Waals surface area contributed by atoms with E-state index >= 15 is 0 Å². The second-order valence-corrected chi connectivity index (χ2v) is 5.05. The van der Waals surface area contributed by atoms with Gasteiger partial charge in [0.1, 0.15) is 0 Å². The van der Waals surface area contributed by atoms with Gasteiger partial charge in [-0.05, 0) is 36.7 Å². The molecule has 1 rings (SSSR count). The summed E-state index contributed by atoms with van der Waals surface area (Å²) in [5, 5.41) is 13.4. The molecule has 1 aromatic heterocycles. The monoisotopic (exact) mass is 289 g/mol. The highest BCUT2D eigenvalue weighted by molar-refractivity contribution is 9.10. The lowest BCUT2D eigenvalue weighted by atomic mass is 10.2. The zero-order chi connectivity index (χ0) is 12.3. The van der Waals surface area contributed by atoms with Crippen LogP contribution in [0.5, 0.6) is 0 Å². The number of aliphatic hydroxyl groups excluding tert-OH is 1. The third-order valence-corrected chi connectivity index (χ3v) is 3.76. The van der Waals surface area contributed by atoms with E-state index in [0.29, 0.717) is 12.6 Å². The molecule has 0 aliphatic rings. The summed E-state index contributed by atoms with van der Waals surface area (Å²) >= 11 is 3.56. The number of hydrogen-bond donors (Lipinski definition) is 1. The maximum absolute atomic E-state index is 9.03. The van der Waals surface area contributed by atoms with Crippen molar-refractivity contribution in [1.82, 2.24) is 14.7 Å². The third-order valence-electron chi connectivity index (χ3n) is 2.73. The van der Waals surface area contributed by atoms with Crippen LogP contribution in [0.15, 0.2) is 4.47 Å². The van der Waals surface area contributed by atoms with Crippen LogP contribution in [0.1, 0.15) is 25.2 Å². The van der Waals surface area contributed by atoms with E-state index in [1.54, 1.807) is 0 Å². The molecule has 0 amide bonds. The molecule has 0 bridgehead atoms. The summed E-state index contributed by atoms with van der Waals surface area (Å²) in [7, 11) is 1.95. The maximum Gasteiger partial charge on any atom is 0.0739 e. The molecular weight excluding hydrogens is 270 g/mol. The van der Waals surface area contributed by atoms with Crippen molar-refractivity contribution in [3.63, 3.8) is 0 Å². The molecule has 0 fully saturated rings. The topological polar surface area (TPSA) is 41.3 Å². The standard InChI is InChI=1S/C11H20BrN3O/c1-8(2)15(5-6-16)7-10-11(12)9(3)13-14(10)4/h8,16H,5-7H2,1-4H3. The third kappa shape index (κ3) is 3.06. The van der Waals surface area contributed by atoms with Crippen molar-refractivity contribution in [3.05, 3.63) is 15.9 Å². The van der Waals surface area contributed by atoms with E-state index in [2.05, 4.69) is 39.8 Å². The molecule has 0 radical (unpaired) electrons. The summed E-state index contributed by atoms with van der Waals surface area (Å²) in [5.74, 6) is 0. The van der Waals surface area contributed by atoms with Crippen molar-refractivity contribution >= 4 is 15.9 Å². The van der Waals surface area contributed by atoms with Gasteiger partial charge in [0.05, 0.1) is 22.5 Å². The predicted octanol–water partition coefficient (Wildman–Crippen LogP) is 1.69. The van der Waals surface area contributed by atoms with Crippen LogP contribution in [-0.4, -0.2) is 39.0 Å². The van der Waals surface area contributed by atoms with E-state index in [1.807, 2.05) is 18.7 Å². The minimum atomic E-state index is 0.187. The maximum atomic E-state index is 9.03. The van der Waals surface area contributed by atoms with Gasteiger partial charge in [-0.25, -0.2) is 0 Å². The van der Waals surface area contributed by atoms with E-state index in [9.17, 15) is 0 Å². The molecule has 1 heterocycles. The number of aromatic nitrogens is 2. The van der Waals surface area contributed by atoms with Crippen LogP contribution in [0.4, 0.5) is 0 Å². The summed E-state index contributed by atoms with van der Waals surface area (Å²) in [6.45, 7) is 7.93. The van der Waals surface area contributed by atoms with Gasteiger partial charge in [0.2, 0.25) is 0 Å². The highest BCUT2D eigenvalue weighted by Crippen LogP contribution is 2.22. The summed E-state index contributed by atoms with van der Waals surface area (Å²) in [5.41, 5.74) is 2.16. The zero-order valence-corrected chi connectivity index (χ0v) is 12.0. The Bertz CT molecular complexity index is 349. The summed E-state index contributed by atoms with van der Waals surface area (Å²) in [6, 6.07) is 0.411. The van der Waals surface area contributed by atoms with Crippen molar-refractivity contribution < 1.29 is 5.11 Å². The van der Waals surface area contributed by atoms with E-state index in [4.69, 9.17) is 5.11 Å². The largest absolute Gasteiger partial charge is 0.395 e. The molecule has 0 unspecified atom stereocenters. The average molecular weight is 290 g/mol. The molecule has 0 aromatic carbocycles. The fourth-order valence-corrected chi connectivity index (χ4v) is 2.15. The molecule has 16 heavy (non-hydrogen) atoms. The van der Waals surface area contributed by atoms with Crippen LogP contribution in [0, 0.1) is 6.92 Å². The van der Waals surface area contributed by atoms with Crippen molar-refractivity contribution in [3.8, 4) is 0 Å². The van der Waals surface area contributed by atoms with Gasteiger partial charge in [0.15, 0.2) is 0 Å². The normalized spacial score (nSPS) is 11.8. The Morgan fingerprint density at radius 1 is 1.50 bits per heavy atom. The van der Waals surface area contributed by atoms with Gasteiger partial charge in [0, 0.05) is 26.2 Å². The van der Waals surface area contributed by atoms with Gasteiger partial charge in [-0.2, -0.15) is 5.10 Å². The second kappa shape index (κ2) is 5.80. The number of aliphatic hydroxyl groups is 1. The van der Waals surface area contributed by atoms with Gasteiger partial charge in [-0.1, -0.05) is 0 Å². The van der Waals surface area contributed by atoms with Crippen LogP contribution in [0.25, 0.3) is 0 Å². The second-order valence-electron chi connectivity index (χ2n) is 4.26. The van der Waals surface area contributed by atoms with Crippen LogP contribution >= 0.6 is 15.9 Å². The van der Waals surface area contributed by atoms with Crippen molar-refractivity contribution in [2.45, 2.75) is 33.4 Å². The minimum Gasteiger partial charge on any atom is -0.395 e. The van der Waals surface area contributed by atoms with Crippen molar-refractivity contribution in [2.75, 3.05) is 13.2 Å². The summed E-state index contributed by atoms with van der Waals surface area (Å²) < 4.78 is 2.96. The fourth-order valence-electron chi connectivity index (χ4n) is 1.69. The fraction of sp³-hybridized carbons (Fsp3) is 0.727. The molecule has 0 saturated heterocycles. The SMILES string of the molecule is Cc1nn(C)c(CN(CCO)C(C)C)c1Br. The molecule has 92 valence electrons. The first kappa shape index (κ1) is 13.7. The van der Waals surface area contributed by atoms with Gasteiger partial charge in [-0.3, -0.25) is 9.58 Å². The Morgan fingerprint density at radius 3 is 2.50 bits per heavy atom. The van der Waals surface area contributed by atoms with Gasteiger partial charge >= 0.3 is 0 Å². The minimum absolute atomic E-state index is 0.187. The van der Waals surface area contributed by atoms with Crippen molar-refractivity contribution in [2.24, 2.45) is 7.05 Å². The summed E-state index contributed by atoms with van der Waals surface area (Å²) in [6.07, 6.45) is 0. The van der Waals surface area contributed by atoms with Crippen molar-refractivity contribution in [1.29, 1.82) is 0 Å². The summed E-state index contributed by atoms with van der Waals surface area (Å²) in [4.78, 5) is 2.22. The molecular formula is C11H20BrN3O. The molecule has 1 N–H and O–H groups in total. The number of hydrogen-bond acceptors (Lipinski definition) is 3. The molecule has 0 atom stereocenters. The van der Waals surface area contributed by atoms with E-state index in [1.165, 1.54) is 0 Å². The molecule has 0 spiro atoms. The first-order chi connectivity index (χ1) is 7.47. The van der Waals surface area contributed by atoms with Gasteiger partial charge in [-0.15, -0.1) is 0 Å². The quantitative estimate of drug-likeness (QED) is 0.897. The lowest BCUT2D eigenvalue weighted by Crippen LogP contribution is -2.33. The molecule has 5 heteroatoms. The first-order valence-electron chi connectivity index (χ1n) is 5.50. The Kier molecular flexibility index (Phi) is 4.95. The lowest BCUT2D eigenvalue weighted by molar-refractivity contribution is 0.156. The Balaban J connectivity index is 2.84. The van der Waals surface area contributed by atoms with Crippen LogP contribution < -0.4 is 0 Å². The number of aryl methyl sites for hydroxylation is 2. The Morgan fingerprint density at radius 2 is 2.12 bits per heavy atom. The number of nitrogens with zero attached hydrogens (tertiary/aromatic N) is 3. The average Bonchev–Trinajstić information content (AvgIpc) is 2.43. The molecule has 0 saturated carbocycles. The molecule has 4 nitrogen and oxygen atoms in total. The predicted molar refractivity (Wildman–Crippen MR) is 68.3 cm³/mol. The van der Waals surface area contributed by atoms with E-state index in [0.717, 1.165) is 22.4 Å². The van der Waals surface area contributed by atoms with Gasteiger partial charge < -0.3 is 5.11 Å². The van der Waals surface area contributed by atoms with Gasteiger partial charge in [0.25, 0.3) is 0 Å². The highest BCUT2D eigenvalue weighted by atomic mass is 79.9.